The molecule has 0 amide bonds. The van der Waals surface area contributed by atoms with Crippen LogP contribution in [0.25, 0.3) is 10.8 Å². The summed E-state index contributed by atoms with van der Waals surface area (Å²) in [5.41, 5.74) is 0. The van der Waals surface area contributed by atoms with E-state index in [1.165, 1.54) is 5.39 Å². The molecular formula is C22H26N4O2. The van der Waals surface area contributed by atoms with Crippen LogP contribution in [-0.4, -0.2) is 47.9 Å². The fraction of sp³-hybridized carbons (Fsp3) is 0.364. The van der Waals surface area contributed by atoms with Crippen molar-refractivity contribution in [1.82, 2.24) is 9.97 Å². The summed E-state index contributed by atoms with van der Waals surface area (Å²) in [5, 5.41) is 15.0. The van der Waals surface area contributed by atoms with Gasteiger partial charge in [-0.3, -0.25) is 0 Å². The van der Waals surface area contributed by atoms with Gasteiger partial charge in [0.15, 0.2) is 0 Å². The first-order chi connectivity index (χ1) is 13.8. The van der Waals surface area contributed by atoms with E-state index in [2.05, 4.69) is 38.4 Å². The molecule has 1 aliphatic rings. The Morgan fingerprint density at radius 3 is 2.96 bits per heavy atom. The van der Waals surface area contributed by atoms with Crippen molar-refractivity contribution >= 4 is 22.4 Å². The number of aliphatic hydroxyl groups excluding tert-OH is 1. The highest BCUT2D eigenvalue weighted by molar-refractivity contribution is 5.88. The molecule has 146 valence electrons. The molecule has 6 heteroatoms. The first kappa shape index (κ1) is 18.5. The third-order valence-corrected chi connectivity index (χ3v) is 5.17. The summed E-state index contributed by atoms with van der Waals surface area (Å²) >= 11 is 0. The molecule has 0 aliphatic carbocycles. The minimum absolute atomic E-state index is 0.234. The molecule has 1 fully saturated rings. The first-order valence-corrected chi connectivity index (χ1v) is 9.86. The third kappa shape index (κ3) is 4.34. The molecule has 4 rings (SSSR count). The number of nitrogens with zero attached hydrogens (tertiary/aromatic N) is 3. The Hall–Kier alpha value is -2.86. The predicted molar refractivity (Wildman–Crippen MR) is 112 cm³/mol. The zero-order valence-electron chi connectivity index (χ0n) is 15.9. The molecule has 28 heavy (non-hydrogen) atoms. The van der Waals surface area contributed by atoms with E-state index < -0.39 is 0 Å². The summed E-state index contributed by atoms with van der Waals surface area (Å²) in [4.78, 5) is 10.9. The van der Waals surface area contributed by atoms with E-state index in [9.17, 15) is 5.11 Å². The molecule has 2 heterocycles. The van der Waals surface area contributed by atoms with Gasteiger partial charge in [0.05, 0.1) is 6.54 Å². The van der Waals surface area contributed by atoms with Crippen LogP contribution < -0.4 is 15.0 Å². The molecule has 0 bridgehead atoms. The number of aromatic nitrogens is 2. The Morgan fingerprint density at radius 2 is 2.04 bits per heavy atom. The van der Waals surface area contributed by atoms with Crippen molar-refractivity contribution < 1.29 is 9.84 Å². The van der Waals surface area contributed by atoms with Crippen molar-refractivity contribution in [2.24, 2.45) is 5.92 Å². The van der Waals surface area contributed by atoms with Crippen LogP contribution in [-0.2, 0) is 0 Å². The highest BCUT2D eigenvalue weighted by Gasteiger charge is 2.20. The number of anilines is 2. The lowest BCUT2D eigenvalue weighted by molar-refractivity contribution is 0.208. The molecule has 1 saturated heterocycles. The minimum atomic E-state index is 0.234. The zero-order valence-corrected chi connectivity index (χ0v) is 15.9. The second-order valence-electron chi connectivity index (χ2n) is 7.15. The third-order valence-electron chi connectivity index (χ3n) is 5.17. The van der Waals surface area contributed by atoms with E-state index in [4.69, 9.17) is 4.74 Å². The van der Waals surface area contributed by atoms with E-state index in [-0.39, 0.29) is 6.61 Å². The van der Waals surface area contributed by atoms with Gasteiger partial charge in [-0.25, -0.2) is 9.97 Å². The molecule has 0 spiro atoms. The van der Waals surface area contributed by atoms with E-state index in [0.29, 0.717) is 19.1 Å². The zero-order chi connectivity index (χ0) is 19.2. The maximum absolute atomic E-state index is 9.43. The van der Waals surface area contributed by atoms with Gasteiger partial charge in [-0.05, 0) is 30.2 Å². The summed E-state index contributed by atoms with van der Waals surface area (Å²) < 4.78 is 5.97. The van der Waals surface area contributed by atoms with Crippen LogP contribution in [0.1, 0.15) is 12.8 Å². The number of piperidine rings is 1. The molecule has 1 aromatic heterocycles. The summed E-state index contributed by atoms with van der Waals surface area (Å²) in [7, 11) is 0. The number of rotatable bonds is 7. The molecule has 1 unspecified atom stereocenters. The number of benzene rings is 2. The van der Waals surface area contributed by atoms with Crippen LogP contribution in [0.5, 0.6) is 5.75 Å². The molecule has 0 radical (unpaired) electrons. The molecule has 2 N–H and O–H groups in total. The van der Waals surface area contributed by atoms with Gasteiger partial charge in [0, 0.05) is 31.1 Å². The monoisotopic (exact) mass is 378 g/mol. The summed E-state index contributed by atoms with van der Waals surface area (Å²) in [5.74, 6) is 2.92. The van der Waals surface area contributed by atoms with Crippen molar-refractivity contribution in [1.29, 1.82) is 0 Å². The van der Waals surface area contributed by atoms with Gasteiger partial charge in [-0.15, -0.1) is 0 Å². The standard InChI is InChI=1S/C22H26N4O2/c27-15-17-5-4-11-26(14-17)22-13-21(24-16-25-22)23-10-12-28-20-9-3-7-18-6-1-2-8-19(18)20/h1-3,6-9,13,16-17,27H,4-5,10-12,14-15H2,(H,23,24,25). The largest absolute Gasteiger partial charge is 0.491 e. The predicted octanol–water partition coefficient (Wildman–Crippen LogP) is 3.33. The van der Waals surface area contributed by atoms with Crippen LogP contribution in [0.15, 0.2) is 54.9 Å². The average molecular weight is 378 g/mol. The van der Waals surface area contributed by atoms with Crippen LogP contribution in [0.3, 0.4) is 0 Å². The number of hydrogen-bond donors (Lipinski definition) is 2. The number of hydrogen-bond acceptors (Lipinski definition) is 6. The SMILES string of the molecule is OCC1CCCN(c2cc(NCCOc3cccc4ccccc34)ncn2)C1. The van der Waals surface area contributed by atoms with Crippen LogP contribution in [0, 0.1) is 5.92 Å². The lowest BCUT2D eigenvalue weighted by Gasteiger charge is -2.32. The molecule has 1 aliphatic heterocycles. The highest BCUT2D eigenvalue weighted by atomic mass is 16.5. The van der Waals surface area contributed by atoms with Crippen molar-refractivity contribution in [2.75, 3.05) is 43.1 Å². The first-order valence-electron chi connectivity index (χ1n) is 9.86. The molecule has 0 saturated carbocycles. The van der Waals surface area contributed by atoms with Gasteiger partial charge >= 0.3 is 0 Å². The molecule has 3 aromatic rings. The van der Waals surface area contributed by atoms with E-state index in [0.717, 1.165) is 48.7 Å². The van der Waals surface area contributed by atoms with Crippen LogP contribution in [0.2, 0.25) is 0 Å². The maximum Gasteiger partial charge on any atom is 0.134 e. The number of aliphatic hydroxyl groups is 1. The minimum Gasteiger partial charge on any atom is -0.491 e. The van der Waals surface area contributed by atoms with E-state index in [1.807, 2.05) is 30.3 Å². The van der Waals surface area contributed by atoms with E-state index in [1.54, 1.807) is 6.33 Å². The summed E-state index contributed by atoms with van der Waals surface area (Å²) in [6.45, 7) is 3.25. The fourth-order valence-corrected chi connectivity index (χ4v) is 3.70. The topological polar surface area (TPSA) is 70.5 Å². The average Bonchev–Trinajstić information content (AvgIpc) is 2.77. The molecule has 2 aromatic carbocycles. The van der Waals surface area contributed by atoms with E-state index >= 15 is 0 Å². The van der Waals surface area contributed by atoms with Crippen LogP contribution >= 0.6 is 0 Å². The second-order valence-corrected chi connectivity index (χ2v) is 7.15. The smallest absolute Gasteiger partial charge is 0.134 e. The Kier molecular flexibility index (Phi) is 5.87. The lowest BCUT2D eigenvalue weighted by Crippen LogP contribution is -2.37. The van der Waals surface area contributed by atoms with Gasteiger partial charge in [0.2, 0.25) is 0 Å². The van der Waals surface area contributed by atoms with Crippen LogP contribution in [0.4, 0.5) is 11.6 Å². The second kappa shape index (κ2) is 8.89. The molecular weight excluding hydrogens is 352 g/mol. The Morgan fingerprint density at radius 1 is 1.14 bits per heavy atom. The molecule has 1 atom stereocenters. The summed E-state index contributed by atoms with van der Waals surface area (Å²) in [6.07, 6.45) is 3.75. The summed E-state index contributed by atoms with van der Waals surface area (Å²) in [6, 6.07) is 16.3. The van der Waals surface area contributed by atoms with Gasteiger partial charge in [-0.1, -0.05) is 36.4 Å². The maximum atomic E-state index is 9.43. The lowest BCUT2D eigenvalue weighted by atomic mass is 9.99. The van der Waals surface area contributed by atoms with Gasteiger partial charge in [-0.2, -0.15) is 0 Å². The van der Waals surface area contributed by atoms with Crippen molar-refractivity contribution in [3.8, 4) is 5.75 Å². The quantitative estimate of drug-likeness (QED) is 0.615. The number of nitrogens with one attached hydrogen (secondary N) is 1. The number of fused-ring (bicyclic) bond motifs is 1. The van der Waals surface area contributed by atoms with Gasteiger partial charge < -0.3 is 20.1 Å². The van der Waals surface area contributed by atoms with Gasteiger partial charge in [0.25, 0.3) is 0 Å². The highest BCUT2D eigenvalue weighted by Crippen LogP contribution is 2.25. The number of ether oxygens (including phenoxy) is 1. The molecule has 6 nitrogen and oxygen atoms in total. The van der Waals surface area contributed by atoms with Crippen molar-refractivity contribution in [3.63, 3.8) is 0 Å². The Labute approximate surface area is 165 Å². The van der Waals surface area contributed by atoms with Crippen molar-refractivity contribution in [3.05, 3.63) is 54.9 Å². The Bertz CT molecular complexity index is 912. The van der Waals surface area contributed by atoms with Gasteiger partial charge in [0.1, 0.15) is 30.3 Å². The Balaban J connectivity index is 1.33. The normalized spacial score (nSPS) is 16.9. The van der Waals surface area contributed by atoms with Crippen molar-refractivity contribution in [2.45, 2.75) is 12.8 Å². The fourth-order valence-electron chi connectivity index (χ4n) is 3.70.